The summed E-state index contributed by atoms with van der Waals surface area (Å²) in [4.78, 5) is 6.23. The fourth-order valence-corrected chi connectivity index (χ4v) is 3.51. The van der Waals surface area contributed by atoms with Crippen molar-refractivity contribution in [2.75, 3.05) is 6.61 Å². The zero-order chi connectivity index (χ0) is 11.2. The van der Waals surface area contributed by atoms with E-state index in [1.807, 2.05) is 0 Å². The minimum absolute atomic E-state index is 0.142. The van der Waals surface area contributed by atoms with Gasteiger partial charge in [0.2, 0.25) is 0 Å². The summed E-state index contributed by atoms with van der Waals surface area (Å²) >= 11 is 1.78. The lowest BCUT2D eigenvalue weighted by atomic mass is 9.78. The number of hydrogen-bond donors (Lipinski definition) is 0. The molecule has 0 N–H and O–H groups in total. The van der Waals surface area contributed by atoms with E-state index in [4.69, 9.17) is 9.73 Å². The molecule has 2 aliphatic heterocycles. The van der Waals surface area contributed by atoms with Crippen molar-refractivity contribution < 1.29 is 4.74 Å². The van der Waals surface area contributed by atoms with E-state index in [-0.39, 0.29) is 11.1 Å². The van der Waals surface area contributed by atoms with E-state index in [1.54, 1.807) is 11.3 Å². The molecule has 86 valence electrons. The molecule has 1 aromatic heterocycles. The molecule has 1 spiro atoms. The van der Waals surface area contributed by atoms with Crippen LogP contribution in [0.15, 0.2) is 22.5 Å². The summed E-state index contributed by atoms with van der Waals surface area (Å²) in [5.41, 5.74) is 1.15. The molecule has 2 nitrogen and oxygen atoms in total. The highest BCUT2D eigenvalue weighted by molar-refractivity contribution is 7.12. The monoisotopic (exact) mass is 235 g/mol. The van der Waals surface area contributed by atoms with Crippen LogP contribution >= 0.6 is 11.3 Å². The number of rotatable bonds is 1. The van der Waals surface area contributed by atoms with Crippen LogP contribution < -0.4 is 0 Å². The summed E-state index contributed by atoms with van der Waals surface area (Å²) in [7, 11) is 0. The van der Waals surface area contributed by atoms with Crippen molar-refractivity contribution in [3.05, 3.63) is 22.4 Å². The number of nitrogens with zero attached hydrogens (tertiary/aromatic N) is 1. The van der Waals surface area contributed by atoms with Gasteiger partial charge in [0, 0.05) is 23.3 Å². The molecule has 16 heavy (non-hydrogen) atoms. The molecule has 1 unspecified atom stereocenters. The standard InChI is InChI=1S/C13H17NOS/c1-12(2)9-10(11-5-3-8-16-11)14-13(12)6-4-7-15-13/h3,5,8H,4,6-7,9H2,1-2H3. The minimum Gasteiger partial charge on any atom is -0.353 e. The van der Waals surface area contributed by atoms with Gasteiger partial charge >= 0.3 is 0 Å². The normalized spacial score (nSPS) is 32.2. The molecule has 2 aliphatic rings. The average molecular weight is 235 g/mol. The molecule has 0 saturated carbocycles. The van der Waals surface area contributed by atoms with E-state index in [2.05, 4.69) is 31.4 Å². The topological polar surface area (TPSA) is 21.6 Å². The zero-order valence-corrected chi connectivity index (χ0v) is 10.6. The lowest BCUT2D eigenvalue weighted by Gasteiger charge is -2.34. The smallest absolute Gasteiger partial charge is 0.164 e. The molecule has 1 aromatic rings. The van der Waals surface area contributed by atoms with Gasteiger partial charge in [0.1, 0.15) is 0 Å². The predicted molar refractivity (Wildman–Crippen MR) is 67.2 cm³/mol. The summed E-state index contributed by atoms with van der Waals surface area (Å²) < 4.78 is 5.96. The van der Waals surface area contributed by atoms with Crippen molar-refractivity contribution in [1.82, 2.24) is 0 Å². The third-order valence-corrected chi connectivity index (χ3v) is 4.71. The second-order valence-electron chi connectivity index (χ2n) is 5.33. The maximum Gasteiger partial charge on any atom is 0.164 e. The van der Waals surface area contributed by atoms with Gasteiger partial charge in [0.25, 0.3) is 0 Å². The van der Waals surface area contributed by atoms with Crippen LogP contribution in [0.2, 0.25) is 0 Å². The number of hydrogen-bond acceptors (Lipinski definition) is 3. The highest BCUT2D eigenvalue weighted by atomic mass is 32.1. The Bertz CT molecular complexity index is 413. The molecule has 0 aliphatic carbocycles. The van der Waals surface area contributed by atoms with Gasteiger partial charge in [-0.25, -0.2) is 0 Å². The first kappa shape index (κ1) is 10.5. The fraction of sp³-hybridized carbons (Fsp3) is 0.615. The third kappa shape index (κ3) is 1.38. The number of ether oxygens (including phenoxy) is 1. The highest BCUT2D eigenvalue weighted by Crippen LogP contribution is 2.50. The Morgan fingerprint density at radius 1 is 1.44 bits per heavy atom. The first-order valence-corrected chi connectivity index (χ1v) is 6.78. The molecule has 0 bridgehead atoms. The van der Waals surface area contributed by atoms with Crippen molar-refractivity contribution in [3.63, 3.8) is 0 Å². The van der Waals surface area contributed by atoms with Crippen molar-refractivity contribution in [2.24, 2.45) is 10.4 Å². The number of thiophene rings is 1. The Balaban J connectivity index is 2.00. The largest absolute Gasteiger partial charge is 0.353 e. The maximum absolute atomic E-state index is 5.96. The Kier molecular flexibility index (Phi) is 2.23. The molecule has 1 fully saturated rings. The summed E-state index contributed by atoms with van der Waals surface area (Å²) in [5.74, 6) is 0. The maximum atomic E-state index is 5.96. The van der Waals surface area contributed by atoms with Gasteiger partial charge in [-0.2, -0.15) is 0 Å². The lowest BCUT2D eigenvalue weighted by molar-refractivity contribution is -0.0654. The Labute approximate surface area is 100 Å². The van der Waals surface area contributed by atoms with Crippen LogP contribution in [0, 0.1) is 5.41 Å². The Hall–Kier alpha value is -0.670. The fourth-order valence-electron chi connectivity index (χ4n) is 2.80. The van der Waals surface area contributed by atoms with Gasteiger partial charge in [-0.15, -0.1) is 11.3 Å². The minimum atomic E-state index is -0.230. The predicted octanol–water partition coefficient (Wildman–Crippen LogP) is 3.47. The third-order valence-electron chi connectivity index (χ3n) is 3.79. The van der Waals surface area contributed by atoms with Crippen molar-refractivity contribution >= 4 is 17.0 Å². The quantitative estimate of drug-likeness (QED) is 0.730. The van der Waals surface area contributed by atoms with Gasteiger partial charge in [-0.3, -0.25) is 4.99 Å². The van der Waals surface area contributed by atoms with Crippen LogP contribution in [0.4, 0.5) is 0 Å². The molecule has 1 saturated heterocycles. The molecule has 3 rings (SSSR count). The lowest BCUT2D eigenvalue weighted by Crippen LogP contribution is -2.38. The number of aliphatic imine (C=N–C) groups is 1. The Morgan fingerprint density at radius 3 is 2.94 bits per heavy atom. The Morgan fingerprint density at radius 2 is 2.31 bits per heavy atom. The summed E-state index contributed by atoms with van der Waals surface area (Å²) in [6.45, 7) is 5.43. The first-order chi connectivity index (χ1) is 7.63. The summed E-state index contributed by atoms with van der Waals surface area (Å²) in [5, 5.41) is 2.12. The van der Waals surface area contributed by atoms with Crippen LogP contribution in [0.5, 0.6) is 0 Å². The molecule has 0 aromatic carbocycles. The van der Waals surface area contributed by atoms with E-state index in [9.17, 15) is 0 Å². The molecule has 1 atom stereocenters. The van der Waals surface area contributed by atoms with Gasteiger partial charge in [0.15, 0.2) is 5.72 Å². The van der Waals surface area contributed by atoms with Crippen molar-refractivity contribution in [1.29, 1.82) is 0 Å². The highest BCUT2D eigenvalue weighted by Gasteiger charge is 2.53. The van der Waals surface area contributed by atoms with E-state index >= 15 is 0 Å². The molecule has 3 heterocycles. The van der Waals surface area contributed by atoms with Gasteiger partial charge in [-0.1, -0.05) is 19.9 Å². The molecular weight excluding hydrogens is 218 g/mol. The van der Waals surface area contributed by atoms with E-state index < -0.39 is 0 Å². The summed E-state index contributed by atoms with van der Waals surface area (Å²) in [6.07, 6.45) is 3.26. The average Bonchev–Trinajstić information content (AvgIpc) is 2.91. The zero-order valence-electron chi connectivity index (χ0n) is 9.82. The van der Waals surface area contributed by atoms with Crippen molar-refractivity contribution in [2.45, 2.75) is 38.8 Å². The van der Waals surface area contributed by atoms with E-state index in [1.165, 1.54) is 10.6 Å². The summed E-state index contributed by atoms with van der Waals surface area (Å²) in [6, 6.07) is 4.25. The van der Waals surface area contributed by atoms with Gasteiger partial charge in [0.05, 0.1) is 5.71 Å². The van der Waals surface area contributed by atoms with Crippen LogP contribution in [-0.4, -0.2) is 18.0 Å². The SMILES string of the molecule is CC1(C)CC(c2cccs2)=NC12CCCO2. The van der Waals surface area contributed by atoms with Crippen LogP contribution in [-0.2, 0) is 4.74 Å². The molecular formula is C13H17NOS. The van der Waals surface area contributed by atoms with Crippen LogP contribution in [0.1, 0.15) is 38.0 Å². The van der Waals surface area contributed by atoms with Crippen LogP contribution in [0.25, 0.3) is 0 Å². The first-order valence-electron chi connectivity index (χ1n) is 5.90. The van der Waals surface area contributed by atoms with Gasteiger partial charge in [-0.05, 0) is 24.3 Å². The molecule has 0 amide bonds. The second-order valence-corrected chi connectivity index (χ2v) is 6.28. The van der Waals surface area contributed by atoms with Crippen LogP contribution in [0.3, 0.4) is 0 Å². The van der Waals surface area contributed by atoms with Gasteiger partial charge < -0.3 is 4.74 Å². The molecule has 0 radical (unpaired) electrons. The second kappa shape index (κ2) is 3.41. The molecule has 3 heteroatoms. The van der Waals surface area contributed by atoms with Crippen molar-refractivity contribution in [3.8, 4) is 0 Å². The van der Waals surface area contributed by atoms with E-state index in [0.717, 1.165) is 25.9 Å². The van der Waals surface area contributed by atoms with E-state index in [0.29, 0.717) is 0 Å².